The summed E-state index contributed by atoms with van der Waals surface area (Å²) < 4.78 is 45.0. The van der Waals surface area contributed by atoms with Crippen LogP contribution >= 0.6 is 0 Å². The highest BCUT2D eigenvalue weighted by Crippen LogP contribution is 2.26. The van der Waals surface area contributed by atoms with Crippen LogP contribution in [-0.4, -0.2) is 62.0 Å². The summed E-state index contributed by atoms with van der Waals surface area (Å²) in [5.74, 6) is 0. The zero-order chi connectivity index (χ0) is 15.3. The van der Waals surface area contributed by atoms with Crippen LogP contribution < -0.4 is 11.1 Å². The van der Waals surface area contributed by atoms with Crippen molar-refractivity contribution in [2.45, 2.75) is 56.4 Å². The van der Waals surface area contributed by atoms with Gasteiger partial charge in [0.2, 0.25) is 0 Å². The largest absolute Gasteiger partial charge is 0.405 e. The summed E-state index contributed by atoms with van der Waals surface area (Å²) in [5, 5.41) is 3.09. The van der Waals surface area contributed by atoms with E-state index < -0.39 is 12.2 Å². The predicted molar refractivity (Wildman–Crippen MR) is 75.1 cm³/mol. The van der Waals surface area contributed by atoms with Crippen molar-refractivity contribution in [3.8, 4) is 0 Å². The summed E-state index contributed by atoms with van der Waals surface area (Å²) in [4.78, 5) is 1.47. The number of nitrogens with zero attached hydrogens (tertiary/aromatic N) is 1. The van der Waals surface area contributed by atoms with E-state index in [1.807, 2.05) is 0 Å². The number of hydrogen-bond acceptors (Lipinski definition) is 4. The first-order valence-corrected chi connectivity index (χ1v) is 7.86. The van der Waals surface area contributed by atoms with E-state index in [0.29, 0.717) is 26.3 Å². The molecule has 7 heteroatoms. The Kier molecular flexibility index (Phi) is 6.28. The van der Waals surface area contributed by atoms with Crippen molar-refractivity contribution in [3.63, 3.8) is 0 Å². The normalized spacial score (nSPS) is 30.9. The zero-order valence-electron chi connectivity index (χ0n) is 12.4. The van der Waals surface area contributed by atoms with Gasteiger partial charge in [0.05, 0.1) is 13.2 Å². The summed E-state index contributed by atoms with van der Waals surface area (Å²) in [6.45, 7) is 1.33. The third kappa shape index (κ3) is 5.09. The molecule has 3 atom stereocenters. The predicted octanol–water partition coefficient (Wildman–Crippen LogP) is 1.50. The van der Waals surface area contributed by atoms with Crippen molar-refractivity contribution >= 4 is 0 Å². The number of morpholine rings is 1. The lowest BCUT2D eigenvalue weighted by Crippen LogP contribution is -2.57. The Hall–Kier alpha value is -0.370. The van der Waals surface area contributed by atoms with Gasteiger partial charge in [-0.3, -0.25) is 4.90 Å². The maximum Gasteiger partial charge on any atom is 0.405 e. The molecule has 0 amide bonds. The van der Waals surface area contributed by atoms with Crippen LogP contribution in [0.4, 0.5) is 13.2 Å². The van der Waals surface area contributed by atoms with Gasteiger partial charge in [-0.2, -0.15) is 13.2 Å². The number of halogens is 3. The first kappa shape index (κ1) is 17.0. The van der Waals surface area contributed by atoms with Crippen molar-refractivity contribution < 1.29 is 17.9 Å². The van der Waals surface area contributed by atoms with E-state index in [-0.39, 0.29) is 18.6 Å². The molecule has 1 saturated carbocycles. The van der Waals surface area contributed by atoms with Crippen LogP contribution in [0.5, 0.6) is 0 Å². The molecule has 4 nitrogen and oxygen atoms in total. The van der Waals surface area contributed by atoms with Gasteiger partial charge in [0.15, 0.2) is 0 Å². The molecule has 0 aromatic carbocycles. The molecule has 1 heterocycles. The molecule has 2 rings (SSSR count). The van der Waals surface area contributed by atoms with E-state index in [1.54, 1.807) is 0 Å². The van der Waals surface area contributed by atoms with E-state index in [2.05, 4.69) is 5.32 Å². The van der Waals surface area contributed by atoms with Crippen molar-refractivity contribution in [2.24, 2.45) is 5.73 Å². The van der Waals surface area contributed by atoms with Crippen molar-refractivity contribution in [1.82, 2.24) is 10.2 Å². The molecule has 21 heavy (non-hydrogen) atoms. The third-order valence-corrected chi connectivity index (χ3v) is 4.51. The van der Waals surface area contributed by atoms with Crippen LogP contribution in [0.3, 0.4) is 0 Å². The number of rotatable bonds is 4. The van der Waals surface area contributed by atoms with Gasteiger partial charge >= 0.3 is 6.18 Å². The zero-order valence-corrected chi connectivity index (χ0v) is 12.4. The summed E-state index contributed by atoms with van der Waals surface area (Å²) in [6.07, 6.45) is 0.781. The summed E-state index contributed by atoms with van der Waals surface area (Å²) in [5.41, 5.74) is 6.08. The van der Waals surface area contributed by atoms with Crippen LogP contribution in [0, 0.1) is 0 Å². The minimum absolute atomic E-state index is 0.00149. The SMILES string of the molecule is NC1CCCCCC1NCC(N1CCOCC1)C(F)(F)F. The van der Waals surface area contributed by atoms with Crippen molar-refractivity contribution in [2.75, 3.05) is 32.8 Å². The molecule has 0 bridgehead atoms. The van der Waals surface area contributed by atoms with Gasteiger partial charge in [-0.1, -0.05) is 19.3 Å². The van der Waals surface area contributed by atoms with Crippen molar-refractivity contribution in [1.29, 1.82) is 0 Å². The Balaban J connectivity index is 1.91. The van der Waals surface area contributed by atoms with Crippen LogP contribution in [0.25, 0.3) is 0 Å². The molecule has 1 aliphatic heterocycles. The van der Waals surface area contributed by atoms with Crippen LogP contribution in [0.15, 0.2) is 0 Å². The average molecular weight is 309 g/mol. The van der Waals surface area contributed by atoms with E-state index in [9.17, 15) is 13.2 Å². The third-order valence-electron chi connectivity index (χ3n) is 4.51. The van der Waals surface area contributed by atoms with Crippen LogP contribution in [0.2, 0.25) is 0 Å². The molecule has 2 fully saturated rings. The lowest BCUT2D eigenvalue weighted by atomic mass is 10.0. The first-order chi connectivity index (χ1) is 9.98. The molecule has 2 aliphatic rings. The Morgan fingerprint density at radius 3 is 2.48 bits per heavy atom. The quantitative estimate of drug-likeness (QED) is 0.773. The van der Waals surface area contributed by atoms with E-state index in [1.165, 1.54) is 4.90 Å². The Morgan fingerprint density at radius 1 is 1.14 bits per heavy atom. The van der Waals surface area contributed by atoms with E-state index in [0.717, 1.165) is 32.1 Å². The summed E-state index contributed by atoms with van der Waals surface area (Å²) in [7, 11) is 0. The molecular formula is C14H26F3N3O. The highest BCUT2D eigenvalue weighted by Gasteiger charge is 2.44. The monoisotopic (exact) mass is 309 g/mol. The molecule has 3 unspecified atom stereocenters. The fourth-order valence-corrected chi connectivity index (χ4v) is 3.19. The van der Waals surface area contributed by atoms with Gasteiger partial charge in [-0.15, -0.1) is 0 Å². The van der Waals surface area contributed by atoms with Gasteiger partial charge in [0.25, 0.3) is 0 Å². The van der Waals surface area contributed by atoms with Gasteiger partial charge in [-0.05, 0) is 12.8 Å². The number of nitrogens with one attached hydrogen (secondary N) is 1. The Morgan fingerprint density at radius 2 is 1.81 bits per heavy atom. The molecule has 124 valence electrons. The van der Waals surface area contributed by atoms with Crippen molar-refractivity contribution in [3.05, 3.63) is 0 Å². The molecule has 1 aliphatic carbocycles. The number of hydrogen-bond donors (Lipinski definition) is 2. The number of alkyl halides is 3. The average Bonchev–Trinajstić information content (AvgIpc) is 2.64. The highest BCUT2D eigenvalue weighted by molar-refractivity contribution is 4.87. The fourth-order valence-electron chi connectivity index (χ4n) is 3.19. The molecular weight excluding hydrogens is 283 g/mol. The Labute approximate surface area is 124 Å². The first-order valence-electron chi connectivity index (χ1n) is 7.86. The van der Waals surface area contributed by atoms with Gasteiger partial charge in [0, 0.05) is 31.7 Å². The van der Waals surface area contributed by atoms with E-state index >= 15 is 0 Å². The molecule has 0 radical (unpaired) electrons. The topological polar surface area (TPSA) is 50.5 Å². The summed E-state index contributed by atoms with van der Waals surface area (Å²) >= 11 is 0. The lowest BCUT2D eigenvalue weighted by molar-refractivity contribution is -0.190. The second kappa shape index (κ2) is 7.76. The smallest absolute Gasteiger partial charge is 0.379 e. The Bertz CT molecular complexity index is 308. The summed E-state index contributed by atoms with van der Waals surface area (Å²) in [6, 6.07) is -1.48. The second-order valence-corrected chi connectivity index (χ2v) is 6.02. The molecule has 0 aromatic rings. The van der Waals surface area contributed by atoms with Gasteiger partial charge in [-0.25, -0.2) is 0 Å². The maximum absolute atomic E-state index is 13.3. The van der Waals surface area contributed by atoms with Gasteiger partial charge in [0.1, 0.15) is 6.04 Å². The molecule has 1 saturated heterocycles. The van der Waals surface area contributed by atoms with Crippen LogP contribution in [-0.2, 0) is 4.74 Å². The number of ether oxygens (including phenoxy) is 1. The minimum atomic E-state index is -4.22. The second-order valence-electron chi connectivity index (χ2n) is 6.02. The number of nitrogens with two attached hydrogens (primary N) is 1. The van der Waals surface area contributed by atoms with Crippen LogP contribution in [0.1, 0.15) is 32.1 Å². The molecule has 3 N–H and O–H groups in total. The molecule has 0 aromatic heterocycles. The molecule has 0 spiro atoms. The lowest BCUT2D eigenvalue weighted by Gasteiger charge is -2.36. The maximum atomic E-state index is 13.3. The van der Waals surface area contributed by atoms with Gasteiger partial charge < -0.3 is 15.8 Å². The fraction of sp³-hybridized carbons (Fsp3) is 1.00. The highest BCUT2D eigenvalue weighted by atomic mass is 19.4. The standard InChI is InChI=1S/C14H26F3N3O/c15-14(16,17)13(20-6-8-21-9-7-20)10-19-12-5-3-1-2-4-11(12)18/h11-13,19H,1-10,18H2. The van der Waals surface area contributed by atoms with E-state index in [4.69, 9.17) is 10.5 Å². The minimum Gasteiger partial charge on any atom is -0.379 e.